The fourth-order valence-electron chi connectivity index (χ4n) is 1.91. The van der Waals surface area contributed by atoms with Crippen LogP contribution in [0.5, 0.6) is 0 Å². The van der Waals surface area contributed by atoms with E-state index in [0.29, 0.717) is 19.5 Å². The van der Waals surface area contributed by atoms with E-state index in [1.54, 1.807) is 6.92 Å². The van der Waals surface area contributed by atoms with Crippen molar-refractivity contribution in [3.63, 3.8) is 0 Å². The first-order valence-corrected chi connectivity index (χ1v) is 9.06. The molecule has 128 valence electrons. The molecule has 1 aromatic carbocycles. The number of carbonyl (C=O) groups is 1. The quantitative estimate of drug-likeness (QED) is 0.429. The molecule has 0 saturated carbocycles. The largest absolute Gasteiger partial charge is 0.352 e. The number of amides is 1. The Balaban J connectivity index is 2.56. The first-order valence-electron chi connectivity index (χ1n) is 6.84. The number of non-ortho nitro benzene ring substituents is 1. The summed E-state index contributed by atoms with van der Waals surface area (Å²) in [6.07, 6.45) is 1.57. The molecule has 0 radical (unpaired) electrons. The summed E-state index contributed by atoms with van der Waals surface area (Å²) in [6.45, 7) is 2.65. The van der Waals surface area contributed by atoms with Crippen molar-refractivity contribution in [1.82, 2.24) is 9.62 Å². The molecule has 1 aromatic rings. The maximum Gasteiger partial charge on any atom is 0.270 e. The van der Waals surface area contributed by atoms with E-state index in [0.717, 1.165) is 12.3 Å². The Hall–Kier alpha value is -1.71. The van der Waals surface area contributed by atoms with Crippen LogP contribution in [-0.2, 0) is 10.0 Å². The van der Waals surface area contributed by atoms with Crippen molar-refractivity contribution in [3.8, 4) is 0 Å². The Morgan fingerprint density at radius 3 is 2.57 bits per heavy atom. The van der Waals surface area contributed by atoms with Crippen molar-refractivity contribution in [2.75, 3.05) is 25.9 Å². The Kier molecular flexibility index (Phi) is 6.92. The first kappa shape index (κ1) is 19.3. The summed E-state index contributed by atoms with van der Waals surface area (Å²) in [5, 5.41) is 13.2. The summed E-state index contributed by atoms with van der Waals surface area (Å²) in [6, 6.07) is 3.59. The molecule has 1 N–H and O–H groups in total. The number of hydrogen-bond acceptors (Lipinski definition) is 5. The zero-order valence-electron chi connectivity index (χ0n) is 12.8. The fourth-order valence-corrected chi connectivity index (χ4v) is 3.10. The fraction of sp³-hybridized carbons (Fsp3) is 0.462. The van der Waals surface area contributed by atoms with Crippen LogP contribution in [0.2, 0.25) is 5.02 Å². The molecule has 0 aromatic heterocycles. The number of nitro groups is 1. The van der Waals surface area contributed by atoms with E-state index in [2.05, 4.69) is 5.32 Å². The smallest absolute Gasteiger partial charge is 0.270 e. The molecule has 0 aliphatic carbocycles. The molecule has 0 aliphatic rings. The van der Waals surface area contributed by atoms with Crippen molar-refractivity contribution in [1.29, 1.82) is 0 Å². The molecule has 23 heavy (non-hydrogen) atoms. The van der Waals surface area contributed by atoms with E-state index in [1.807, 2.05) is 0 Å². The standard InChI is InChI=1S/C13H18ClN3O5S/c1-3-16(23(2,21)22)8-4-7-15-13(18)11-6-5-10(17(19)20)9-12(11)14/h5-6,9H,3-4,7-8H2,1-2H3,(H,15,18). The van der Waals surface area contributed by atoms with Gasteiger partial charge < -0.3 is 5.32 Å². The van der Waals surface area contributed by atoms with Crippen LogP contribution in [0.4, 0.5) is 5.69 Å². The number of rotatable bonds is 8. The van der Waals surface area contributed by atoms with Gasteiger partial charge in [-0.2, -0.15) is 0 Å². The van der Waals surface area contributed by atoms with Gasteiger partial charge in [-0.25, -0.2) is 12.7 Å². The van der Waals surface area contributed by atoms with Crippen molar-refractivity contribution in [2.24, 2.45) is 0 Å². The van der Waals surface area contributed by atoms with Gasteiger partial charge in [0.1, 0.15) is 0 Å². The average Bonchev–Trinajstić information content (AvgIpc) is 2.45. The third kappa shape index (κ3) is 5.77. The van der Waals surface area contributed by atoms with Gasteiger partial charge in [-0.3, -0.25) is 14.9 Å². The minimum atomic E-state index is -3.25. The molecule has 0 unspecified atom stereocenters. The molecule has 1 rings (SSSR count). The summed E-state index contributed by atoms with van der Waals surface area (Å²) >= 11 is 5.86. The zero-order valence-corrected chi connectivity index (χ0v) is 14.4. The normalized spacial score (nSPS) is 11.5. The van der Waals surface area contributed by atoms with Crippen molar-refractivity contribution in [3.05, 3.63) is 38.9 Å². The predicted octanol–water partition coefficient (Wildman–Crippen LogP) is 1.65. The molecular weight excluding hydrogens is 346 g/mol. The number of halogens is 1. The van der Waals surface area contributed by atoms with Crippen LogP contribution in [0.3, 0.4) is 0 Å². The van der Waals surface area contributed by atoms with Crippen LogP contribution >= 0.6 is 11.6 Å². The SMILES string of the molecule is CCN(CCCNC(=O)c1ccc([N+](=O)[O-])cc1Cl)S(C)(=O)=O. The number of sulfonamides is 1. The number of nitrogens with zero attached hydrogens (tertiary/aromatic N) is 2. The Morgan fingerprint density at radius 1 is 1.43 bits per heavy atom. The van der Waals surface area contributed by atoms with E-state index in [-0.39, 0.29) is 22.8 Å². The Morgan fingerprint density at radius 2 is 2.09 bits per heavy atom. The maximum atomic E-state index is 12.0. The molecule has 0 spiro atoms. The number of nitrogens with one attached hydrogen (secondary N) is 1. The van der Waals surface area contributed by atoms with Gasteiger partial charge in [0, 0.05) is 31.8 Å². The predicted molar refractivity (Wildman–Crippen MR) is 87.1 cm³/mol. The first-order chi connectivity index (χ1) is 10.7. The van der Waals surface area contributed by atoms with Crippen LogP contribution in [0.25, 0.3) is 0 Å². The average molecular weight is 364 g/mol. The van der Waals surface area contributed by atoms with E-state index < -0.39 is 20.9 Å². The summed E-state index contributed by atoms with van der Waals surface area (Å²) in [4.78, 5) is 22.0. The van der Waals surface area contributed by atoms with Gasteiger partial charge >= 0.3 is 0 Å². The van der Waals surface area contributed by atoms with Gasteiger partial charge in [0.25, 0.3) is 11.6 Å². The molecular formula is C13H18ClN3O5S. The Bertz CT molecular complexity index is 693. The zero-order chi connectivity index (χ0) is 17.6. The second-order valence-corrected chi connectivity index (χ2v) is 7.18. The van der Waals surface area contributed by atoms with Gasteiger partial charge in [-0.05, 0) is 12.5 Å². The van der Waals surface area contributed by atoms with Gasteiger partial charge in [0.05, 0.1) is 21.8 Å². The van der Waals surface area contributed by atoms with Crippen LogP contribution in [0.1, 0.15) is 23.7 Å². The lowest BCUT2D eigenvalue weighted by Gasteiger charge is -2.17. The highest BCUT2D eigenvalue weighted by molar-refractivity contribution is 7.88. The number of carbonyl (C=O) groups excluding carboxylic acids is 1. The highest BCUT2D eigenvalue weighted by Crippen LogP contribution is 2.22. The number of hydrogen-bond donors (Lipinski definition) is 1. The second kappa shape index (κ2) is 8.23. The summed E-state index contributed by atoms with van der Waals surface area (Å²) in [5.74, 6) is -0.465. The maximum absolute atomic E-state index is 12.0. The minimum Gasteiger partial charge on any atom is -0.352 e. The molecule has 0 saturated heterocycles. The van der Waals surface area contributed by atoms with Gasteiger partial charge in [-0.15, -0.1) is 0 Å². The van der Waals surface area contributed by atoms with E-state index in [4.69, 9.17) is 11.6 Å². The highest BCUT2D eigenvalue weighted by atomic mass is 35.5. The molecule has 0 heterocycles. The van der Waals surface area contributed by atoms with Crippen molar-refractivity contribution >= 4 is 33.2 Å². The molecule has 0 fully saturated rings. The van der Waals surface area contributed by atoms with Crippen LogP contribution in [-0.4, -0.2) is 49.4 Å². The molecule has 0 atom stereocenters. The topological polar surface area (TPSA) is 110 Å². The summed E-state index contributed by atoms with van der Waals surface area (Å²) in [5.41, 5.74) is -0.0639. The number of nitro benzene ring substituents is 1. The van der Waals surface area contributed by atoms with Crippen molar-refractivity contribution in [2.45, 2.75) is 13.3 Å². The lowest BCUT2D eigenvalue weighted by atomic mass is 10.2. The third-order valence-corrected chi connectivity index (χ3v) is 4.79. The molecule has 10 heteroatoms. The summed E-state index contributed by atoms with van der Waals surface area (Å²) < 4.78 is 24.1. The molecule has 0 bridgehead atoms. The second-order valence-electron chi connectivity index (χ2n) is 4.79. The third-order valence-electron chi connectivity index (χ3n) is 3.10. The van der Waals surface area contributed by atoms with E-state index >= 15 is 0 Å². The van der Waals surface area contributed by atoms with Gasteiger partial charge in [0.15, 0.2) is 0 Å². The van der Waals surface area contributed by atoms with Crippen molar-refractivity contribution < 1.29 is 18.1 Å². The Labute approximate surface area is 139 Å². The van der Waals surface area contributed by atoms with Crippen LogP contribution in [0, 0.1) is 10.1 Å². The molecule has 8 nitrogen and oxygen atoms in total. The highest BCUT2D eigenvalue weighted by Gasteiger charge is 2.16. The summed E-state index contributed by atoms with van der Waals surface area (Å²) in [7, 11) is -3.25. The van der Waals surface area contributed by atoms with Gasteiger partial charge in [-0.1, -0.05) is 18.5 Å². The monoisotopic (exact) mass is 363 g/mol. The number of benzene rings is 1. The lowest BCUT2D eigenvalue weighted by Crippen LogP contribution is -2.33. The minimum absolute atomic E-state index is 0.0111. The molecule has 1 amide bonds. The molecule has 0 aliphatic heterocycles. The lowest BCUT2D eigenvalue weighted by molar-refractivity contribution is -0.384. The van der Waals surface area contributed by atoms with E-state index in [9.17, 15) is 23.3 Å². The van der Waals surface area contributed by atoms with E-state index in [1.165, 1.54) is 16.4 Å². The van der Waals surface area contributed by atoms with Crippen LogP contribution in [0.15, 0.2) is 18.2 Å². The van der Waals surface area contributed by atoms with Crippen LogP contribution < -0.4 is 5.32 Å². The van der Waals surface area contributed by atoms with Gasteiger partial charge in [0.2, 0.25) is 10.0 Å².